The Balaban J connectivity index is 2.18. The van der Waals surface area contributed by atoms with Gasteiger partial charge in [0.2, 0.25) is 0 Å². The van der Waals surface area contributed by atoms with Gasteiger partial charge in [-0.1, -0.05) is 13.0 Å². The SMILES string of the molecule is CNCc1ccc(S(=O)(=O)N2CCCC(C)C2)nc1. The van der Waals surface area contributed by atoms with E-state index in [4.69, 9.17) is 0 Å². The van der Waals surface area contributed by atoms with Gasteiger partial charge < -0.3 is 5.32 Å². The zero-order chi connectivity index (χ0) is 13.9. The van der Waals surface area contributed by atoms with Crippen LogP contribution in [0.1, 0.15) is 25.3 Å². The van der Waals surface area contributed by atoms with Crippen molar-refractivity contribution in [3.05, 3.63) is 23.9 Å². The molecule has 6 heteroatoms. The minimum Gasteiger partial charge on any atom is -0.316 e. The third-order valence-corrected chi connectivity index (χ3v) is 5.18. The zero-order valence-corrected chi connectivity index (χ0v) is 12.3. The normalized spacial score (nSPS) is 21.5. The van der Waals surface area contributed by atoms with Crippen LogP contribution in [0.25, 0.3) is 0 Å². The molecular formula is C13H21N3O2S. The van der Waals surface area contributed by atoms with Crippen LogP contribution in [-0.4, -0.2) is 37.8 Å². The predicted octanol–water partition coefficient (Wildman–Crippen LogP) is 1.22. The van der Waals surface area contributed by atoms with Gasteiger partial charge in [-0.2, -0.15) is 4.31 Å². The molecule has 106 valence electrons. The standard InChI is InChI=1S/C13H21N3O2S/c1-11-4-3-7-16(10-11)19(17,18)13-6-5-12(8-14-2)9-15-13/h5-6,9,11,14H,3-4,7-8,10H2,1-2H3. The molecule has 1 aliphatic rings. The van der Waals surface area contributed by atoms with E-state index < -0.39 is 10.0 Å². The largest absolute Gasteiger partial charge is 0.316 e. The molecule has 1 aliphatic heterocycles. The highest BCUT2D eigenvalue weighted by Crippen LogP contribution is 2.22. The topological polar surface area (TPSA) is 62.3 Å². The first-order valence-corrected chi connectivity index (χ1v) is 8.07. The summed E-state index contributed by atoms with van der Waals surface area (Å²) in [6, 6.07) is 3.41. The van der Waals surface area contributed by atoms with Crippen LogP contribution in [0.5, 0.6) is 0 Å². The molecule has 0 spiro atoms. The molecule has 0 aliphatic carbocycles. The molecule has 1 N–H and O–H groups in total. The van der Waals surface area contributed by atoms with Crippen LogP contribution in [0.15, 0.2) is 23.4 Å². The molecule has 1 atom stereocenters. The molecule has 19 heavy (non-hydrogen) atoms. The Labute approximate surface area is 115 Å². The first kappa shape index (κ1) is 14.4. The van der Waals surface area contributed by atoms with Gasteiger partial charge in [0.1, 0.15) is 0 Å². The monoisotopic (exact) mass is 283 g/mol. The van der Waals surface area contributed by atoms with E-state index in [0.717, 1.165) is 18.4 Å². The second kappa shape index (κ2) is 5.98. The summed E-state index contributed by atoms with van der Waals surface area (Å²) in [5.74, 6) is 0.423. The Kier molecular flexibility index (Phi) is 4.54. The Morgan fingerprint density at radius 2 is 2.26 bits per heavy atom. The smallest absolute Gasteiger partial charge is 0.260 e. The van der Waals surface area contributed by atoms with Crippen molar-refractivity contribution in [3.8, 4) is 0 Å². The van der Waals surface area contributed by atoms with Gasteiger partial charge in [0, 0.05) is 25.8 Å². The van der Waals surface area contributed by atoms with Crippen LogP contribution in [0, 0.1) is 5.92 Å². The summed E-state index contributed by atoms with van der Waals surface area (Å²) >= 11 is 0. The average molecular weight is 283 g/mol. The molecule has 1 aromatic heterocycles. The van der Waals surface area contributed by atoms with Gasteiger partial charge in [0.25, 0.3) is 10.0 Å². The Morgan fingerprint density at radius 1 is 1.47 bits per heavy atom. The van der Waals surface area contributed by atoms with Crippen LogP contribution in [0.3, 0.4) is 0 Å². The van der Waals surface area contributed by atoms with Gasteiger partial charge in [-0.3, -0.25) is 0 Å². The molecule has 0 amide bonds. The molecule has 1 saturated heterocycles. The van der Waals surface area contributed by atoms with E-state index >= 15 is 0 Å². The van der Waals surface area contributed by atoms with E-state index in [-0.39, 0.29) is 5.03 Å². The summed E-state index contributed by atoms with van der Waals surface area (Å²) in [5.41, 5.74) is 0.980. The summed E-state index contributed by atoms with van der Waals surface area (Å²) in [6.45, 7) is 3.98. The van der Waals surface area contributed by atoms with E-state index in [0.29, 0.717) is 25.6 Å². The fraction of sp³-hybridized carbons (Fsp3) is 0.615. The molecule has 1 unspecified atom stereocenters. The lowest BCUT2D eigenvalue weighted by molar-refractivity contribution is 0.280. The quantitative estimate of drug-likeness (QED) is 0.902. The number of hydrogen-bond donors (Lipinski definition) is 1. The molecule has 2 heterocycles. The molecular weight excluding hydrogens is 262 g/mol. The first-order chi connectivity index (χ1) is 9.04. The van der Waals surface area contributed by atoms with E-state index in [2.05, 4.69) is 17.2 Å². The molecule has 0 radical (unpaired) electrons. The van der Waals surface area contributed by atoms with Gasteiger partial charge in [0.05, 0.1) is 0 Å². The maximum atomic E-state index is 12.4. The van der Waals surface area contributed by atoms with Crippen LogP contribution >= 0.6 is 0 Å². The first-order valence-electron chi connectivity index (χ1n) is 6.63. The number of piperidine rings is 1. The van der Waals surface area contributed by atoms with Crippen molar-refractivity contribution in [1.29, 1.82) is 0 Å². The van der Waals surface area contributed by atoms with Crippen molar-refractivity contribution in [1.82, 2.24) is 14.6 Å². The Bertz CT molecular complexity index is 513. The third kappa shape index (κ3) is 3.32. The maximum absolute atomic E-state index is 12.4. The summed E-state index contributed by atoms with van der Waals surface area (Å²) in [5, 5.41) is 3.17. The number of nitrogens with one attached hydrogen (secondary N) is 1. The predicted molar refractivity (Wildman–Crippen MR) is 74.2 cm³/mol. The molecule has 2 rings (SSSR count). The second-order valence-electron chi connectivity index (χ2n) is 5.15. The van der Waals surface area contributed by atoms with Gasteiger partial charge in [-0.25, -0.2) is 13.4 Å². The highest BCUT2D eigenvalue weighted by atomic mass is 32.2. The number of nitrogens with zero attached hydrogens (tertiary/aromatic N) is 2. The lowest BCUT2D eigenvalue weighted by Gasteiger charge is -2.29. The van der Waals surface area contributed by atoms with E-state index in [1.165, 1.54) is 0 Å². The van der Waals surface area contributed by atoms with Crippen molar-refractivity contribution in [2.75, 3.05) is 20.1 Å². The minimum absolute atomic E-state index is 0.154. The van der Waals surface area contributed by atoms with E-state index in [1.807, 2.05) is 13.1 Å². The average Bonchev–Trinajstić information content (AvgIpc) is 2.40. The van der Waals surface area contributed by atoms with Crippen LogP contribution in [-0.2, 0) is 16.6 Å². The molecule has 1 aromatic rings. The van der Waals surface area contributed by atoms with Gasteiger partial charge in [-0.15, -0.1) is 0 Å². The van der Waals surface area contributed by atoms with E-state index in [1.54, 1.807) is 16.6 Å². The van der Waals surface area contributed by atoms with Crippen molar-refractivity contribution in [2.45, 2.75) is 31.3 Å². The zero-order valence-electron chi connectivity index (χ0n) is 11.5. The minimum atomic E-state index is -3.42. The molecule has 0 aromatic carbocycles. The molecule has 1 fully saturated rings. The van der Waals surface area contributed by atoms with Crippen molar-refractivity contribution >= 4 is 10.0 Å². The summed E-state index contributed by atoms with van der Waals surface area (Å²) in [7, 11) is -1.58. The van der Waals surface area contributed by atoms with Gasteiger partial charge in [0.15, 0.2) is 5.03 Å². The van der Waals surface area contributed by atoms with Crippen molar-refractivity contribution in [2.24, 2.45) is 5.92 Å². The highest BCUT2D eigenvalue weighted by Gasteiger charge is 2.29. The summed E-state index contributed by atoms with van der Waals surface area (Å²) in [4.78, 5) is 4.10. The highest BCUT2D eigenvalue weighted by molar-refractivity contribution is 7.89. The molecule has 5 nitrogen and oxygen atoms in total. The van der Waals surface area contributed by atoms with Crippen molar-refractivity contribution < 1.29 is 8.42 Å². The second-order valence-corrected chi connectivity index (χ2v) is 7.03. The lowest BCUT2D eigenvalue weighted by Crippen LogP contribution is -2.39. The summed E-state index contributed by atoms with van der Waals surface area (Å²) < 4.78 is 26.5. The van der Waals surface area contributed by atoms with Crippen LogP contribution in [0.2, 0.25) is 0 Å². The summed E-state index contributed by atoms with van der Waals surface area (Å²) in [6.07, 6.45) is 3.65. The van der Waals surface area contributed by atoms with Gasteiger partial charge >= 0.3 is 0 Å². The maximum Gasteiger partial charge on any atom is 0.260 e. The van der Waals surface area contributed by atoms with Gasteiger partial charge in [-0.05, 0) is 37.4 Å². The fourth-order valence-electron chi connectivity index (χ4n) is 2.37. The molecule has 0 saturated carbocycles. The number of hydrogen-bond acceptors (Lipinski definition) is 4. The third-order valence-electron chi connectivity index (χ3n) is 3.40. The number of sulfonamides is 1. The molecule has 0 bridgehead atoms. The van der Waals surface area contributed by atoms with Crippen LogP contribution in [0.4, 0.5) is 0 Å². The number of rotatable bonds is 4. The van der Waals surface area contributed by atoms with E-state index in [9.17, 15) is 8.42 Å². The lowest BCUT2D eigenvalue weighted by atomic mass is 10.0. The number of pyridine rings is 1. The number of aromatic nitrogens is 1. The fourth-order valence-corrected chi connectivity index (χ4v) is 3.88. The van der Waals surface area contributed by atoms with Crippen molar-refractivity contribution in [3.63, 3.8) is 0 Å². The van der Waals surface area contributed by atoms with Crippen LogP contribution < -0.4 is 5.32 Å². The Hall–Kier alpha value is -0.980. The Morgan fingerprint density at radius 3 is 2.84 bits per heavy atom.